The third kappa shape index (κ3) is 1.84. The largest absolute Gasteiger partial charge is 0.465 e. The van der Waals surface area contributed by atoms with E-state index in [1.54, 1.807) is 12.3 Å². The van der Waals surface area contributed by atoms with E-state index in [1.165, 1.54) is 0 Å². The van der Waals surface area contributed by atoms with Gasteiger partial charge in [0.25, 0.3) is 0 Å². The zero-order valence-electron chi connectivity index (χ0n) is 7.33. The normalized spacial score (nSPS) is 11.7. The Balaban J connectivity index is 2.92. The van der Waals surface area contributed by atoms with Crippen LogP contribution in [0.4, 0.5) is 0 Å². The van der Waals surface area contributed by atoms with Crippen LogP contribution in [0.1, 0.15) is 24.7 Å². The van der Waals surface area contributed by atoms with Gasteiger partial charge < -0.3 is 4.42 Å². The fourth-order valence-electron chi connectivity index (χ4n) is 0.920. The molecule has 2 nitrogen and oxygen atoms in total. The molecule has 0 aliphatic carbocycles. The molecule has 0 saturated heterocycles. The minimum Gasteiger partial charge on any atom is -0.465 e. The highest BCUT2D eigenvalue weighted by Crippen LogP contribution is 2.13. The van der Waals surface area contributed by atoms with E-state index in [1.807, 2.05) is 19.9 Å². The van der Waals surface area contributed by atoms with Crippen LogP contribution in [0.15, 0.2) is 22.3 Å². The Kier molecular flexibility index (Phi) is 2.86. The predicted molar refractivity (Wildman–Crippen MR) is 47.8 cm³/mol. The molecule has 0 bridgehead atoms. The maximum absolute atomic E-state index is 10.5. The van der Waals surface area contributed by atoms with E-state index in [0.717, 1.165) is 29.6 Å². The summed E-state index contributed by atoms with van der Waals surface area (Å²) < 4.78 is 5.16. The van der Waals surface area contributed by atoms with Crippen molar-refractivity contribution < 1.29 is 9.21 Å². The van der Waals surface area contributed by atoms with Crippen molar-refractivity contribution in [3.05, 3.63) is 29.2 Å². The molecule has 1 rings (SSSR count). The van der Waals surface area contributed by atoms with E-state index in [9.17, 15) is 4.79 Å². The molecule has 0 aliphatic heterocycles. The van der Waals surface area contributed by atoms with Crippen molar-refractivity contribution >= 4 is 12.4 Å². The van der Waals surface area contributed by atoms with Crippen LogP contribution >= 0.6 is 0 Å². The summed E-state index contributed by atoms with van der Waals surface area (Å²) in [6.07, 6.45) is 5.01. The fraction of sp³-hybridized carbons (Fsp3) is 0.300. The Bertz CT molecular complexity index is 295. The van der Waals surface area contributed by atoms with Crippen molar-refractivity contribution in [1.29, 1.82) is 0 Å². The van der Waals surface area contributed by atoms with Gasteiger partial charge in [0.05, 0.1) is 6.26 Å². The lowest BCUT2D eigenvalue weighted by molar-refractivity contribution is -0.104. The van der Waals surface area contributed by atoms with Crippen LogP contribution in [0.5, 0.6) is 0 Å². The first-order chi connectivity index (χ1) is 5.77. The molecule has 0 saturated carbocycles. The van der Waals surface area contributed by atoms with Gasteiger partial charge >= 0.3 is 0 Å². The number of aryl methyl sites for hydroxylation is 1. The van der Waals surface area contributed by atoms with Crippen molar-refractivity contribution in [2.75, 3.05) is 0 Å². The maximum Gasteiger partial charge on any atom is 0.146 e. The molecule has 1 aromatic heterocycles. The first-order valence-corrected chi connectivity index (χ1v) is 3.97. The summed E-state index contributed by atoms with van der Waals surface area (Å²) in [6, 6.07) is 1.88. The average Bonchev–Trinajstić information content (AvgIpc) is 2.47. The van der Waals surface area contributed by atoms with E-state index in [0.29, 0.717) is 0 Å². The summed E-state index contributed by atoms with van der Waals surface area (Å²) >= 11 is 0. The van der Waals surface area contributed by atoms with Gasteiger partial charge in [0, 0.05) is 0 Å². The maximum atomic E-state index is 10.5. The SMILES string of the molecule is CC/C(C=O)=C/c1occc1C. The average molecular weight is 164 g/mol. The molecule has 0 fully saturated rings. The van der Waals surface area contributed by atoms with Crippen molar-refractivity contribution in [1.82, 2.24) is 0 Å². The van der Waals surface area contributed by atoms with Crippen LogP contribution in [0.3, 0.4) is 0 Å². The van der Waals surface area contributed by atoms with Gasteiger partial charge in [-0.05, 0) is 36.6 Å². The van der Waals surface area contributed by atoms with Crippen LogP contribution in [-0.2, 0) is 4.79 Å². The Labute approximate surface area is 71.9 Å². The second kappa shape index (κ2) is 3.90. The summed E-state index contributed by atoms with van der Waals surface area (Å²) in [5.41, 5.74) is 1.82. The Morgan fingerprint density at radius 3 is 2.83 bits per heavy atom. The molecule has 0 unspecified atom stereocenters. The summed E-state index contributed by atoms with van der Waals surface area (Å²) in [4.78, 5) is 10.5. The lowest BCUT2D eigenvalue weighted by Gasteiger charge is -1.92. The molecule has 12 heavy (non-hydrogen) atoms. The Morgan fingerprint density at radius 1 is 1.67 bits per heavy atom. The highest BCUT2D eigenvalue weighted by molar-refractivity contribution is 5.81. The zero-order chi connectivity index (χ0) is 8.97. The van der Waals surface area contributed by atoms with E-state index < -0.39 is 0 Å². The molecule has 0 N–H and O–H groups in total. The number of allylic oxidation sites excluding steroid dienone is 1. The van der Waals surface area contributed by atoms with Gasteiger partial charge in [0.15, 0.2) is 0 Å². The third-order valence-corrected chi connectivity index (χ3v) is 1.78. The van der Waals surface area contributed by atoms with Gasteiger partial charge in [-0.1, -0.05) is 6.92 Å². The molecule has 1 aromatic rings. The van der Waals surface area contributed by atoms with Gasteiger partial charge in [-0.15, -0.1) is 0 Å². The van der Waals surface area contributed by atoms with Gasteiger partial charge in [0.1, 0.15) is 12.0 Å². The molecule has 1 heterocycles. The summed E-state index contributed by atoms with van der Waals surface area (Å²) in [5, 5.41) is 0. The van der Waals surface area contributed by atoms with E-state index in [2.05, 4.69) is 0 Å². The molecule has 2 heteroatoms. The van der Waals surface area contributed by atoms with Gasteiger partial charge in [0.2, 0.25) is 0 Å². The van der Waals surface area contributed by atoms with Gasteiger partial charge in [-0.2, -0.15) is 0 Å². The third-order valence-electron chi connectivity index (χ3n) is 1.78. The minimum absolute atomic E-state index is 0.740. The van der Waals surface area contributed by atoms with Crippen molar-refractivity contribution in [2.45, 2.75) is 20.3 Å². The Hall–Kier alpha value is -1.31. The highest BCUT2D eigenvalue weighted by Gasteiger charge is 1.99. The molecule has 0 amide bonds. The molecule has 0 radical (unpaired) electrons. The minimum atomic E-state index is 0.740. The van der Waals surface area contributed by atoms with Crippen molar-refractivity contribution in [3.63, 3.8) is 0 Å². The van der Waals surface area contributed by atoms with Gasteiger partial charge in [-0.3, -0.25) is 4.79 Å². The summed E-state index contributed by atoms with van der Waals surface area (Å²) in [6.45, 7) is 3.89. The van der Waals surface area contributed by atoms with Crippen molar-refractivity contribution in [2.24, 2.45) is 0 Å². The fourth-order valence-corrected chi connectivity index (χ4v) is 0.920. The lowest BCUT2D eigenvalue weighted by Crippen LogP contribution is -1.81. The van der Waals surface area contributed by atoms with Crippen molar-refractivity contribution in [3.8, 4) is 0 Å². The van der Waals surface area contributed by atoms with Gasteiger partial charge in [-0.25, -0.2) is 0 Å². The summed E-state index contributed by atoms with van der Waals surface area (Å²) in [5.74, 6) is 0.777. The number of carbonyl (C=O) groups is 1. The molecule has 0 spiro atoms. The molecule has 0 aromatic carbocycles. The molecular formula is C10H12O2. The number of rotatable bonds is 3. The van der Waals surface area contributed by atoms with E-state index in [-0.39, 0.29) is 0 Å². The lowest BCUT2D eigenvalue weighted by atomic mass is 10.1. The molecule has 0 aliphatic rings. The topological polar surface area (TPSA) is 30.2 Å². The monoisotopic (exact) mass is 164 g/mol. The van der Waals surface area contributed by atoms with E-state index in [4.69, 9.17) is 4.42 Å². The highest BCUT2D eigenvalue weighted by atomic mass is 16.3. The number of hydrogen-bond acceptors (Lipinski definition) is 2. The summed E-state index contributed by atoms with van der Waals surface area (Å²) in [7, 11) is 0. The number of carbonyl (C=O) groups excluding carboxylic acids is 1. The number of furan rings is 1. The first kappa shape index (κ1) is 8.78. The van der Waals surface area contributed by atoms with Crippen LogP contribution in [-0.4, -0.2) is 6.29 Å². The van der Waals surface area contributed by atoms with Crippen LogP contribution in [0, 0.1) is 6.92 Å². The second-order valence-electron chi connectivity index (χ2n) is 2.66. The predicted octanol–water partition coefficient (Wildman–Crippen LogP) is 2.58. The first-order valence-electron chi connectivity index (χ1n) is 3.97. The van der Waals surface area contributed by atoms with Crippen LogP contribution < -0.4 is 0 Å². The second-order valence-corrected chi connectivity index (χ2v) is 2.66. The molecule has 64 valence electrons. The smallest absolute Gasteiger partial charge is 0.146 e. The van der Waals surface area contributed by atoms with Crippen LogP contribution in [0.25, 0.3) is 6.08 Å². The van der Waals surface area contributed by atoms with E-state index >= 15 is 0 Å². The zero-order valence-corrected chi connectivity index (χ0v) is 7.33. The number of hydrogen-bond donors (Lipinski definition) is 0. The standard InChI is InChI=1S/C10H12O2/c1-3-9(7-11)6-10-8(2)4-5-12-10/h4-7H,3H2,1-2H3/b9-6-. The molecule has 0 atom stereocenters. The molecular weight excluding hydrogens is 152 g/mol. The van der Waals surface area contributed by atoms with Crippen LogP contribution in [0.2, 0.25) is 0 Å². The Morgan fingerprint density at radius 2 is 2.42 bits per heavy atom. The quantitative estimate of drug-likeness (QED) is 0.507. The number of aldehydes is 1.